The SMILES string of the molecule is Cc1ccc(NC(=O)C2CC(=O)N(c3cccc(Cl)c3)C2)c(Br)c1. The Morgan fingerprint density at radius 3 is 2.79 bits per heavy atom. The van der Waals surface area contributed by atoms with Crippen molar-refractivity contribution in [2.24, 2.45) is 5.92 Å². The molecule has 124 valence electrons. The van der Waals surface area contributed by atoms with Crippen molar-refractivity contribution in [3.8, 4) is 0 Å². The fourth-order valence-electron chi connectivity index (χ4n) is 2.73. The average Bonchev–Trinajstić information content (AvgIpc) is 2.92. The summed E-state index contributed by atoms with van der Waals surface area (Å²) in [5.41, 5.74) is 2.53. The zero-order valence-corrected chi connectivity index (χ0v) is 15.4. The maximum atomic E-state index is 12.5. The third-order valence-electron chi connectivity index (χ3n) is 4.00. The molecule has 1 atom stereocenters. The molecule has 1 aliphatic heterocycles. The van der Waals surface area contributed by atoms with Crippen LogP contribution in [0.15, 0.2) is 46.9 Å². The van der Waals surface area contributed by atoms with E-state index in [0.29, 0.717) is 17.3 Å². The molecular formula is C18H16BrClN2O2. The molecule has 2 aromatic carbocycles. The Labute approximate surface area is 153 Å². The van der Waals surface area contributed by atoms with Crippen LogP contribution in [0.3, 0.4) is 0 Å². The van der Waals surface area contributed by atoms with Gasteiger partial charge in [-0.2, -0.15) is 0 Å². The zero-order valence-electron chi connectivity index (χ0n) is 13.1. The fraction of sp³-hybridized carbons (Fsp3) is 0.222. The smallest absolute Gasteiger partial charge is 0.229 e. The predicted molar refractivity (Wildman–Crippen MR) is 99.4 cm³/mol. The lowest BCUT2D eigenvalue weighted by Gasteiger charge is -2.17. The molecule has 1 aliphatic rings. The number of aryl methyl sites for hydroxylation is 1. The van der Waals surface area contributed by atoms with E-state index in [0.717, 1.165) is 15.7 Å². The quantitative estimate of drug-likeness (QED) is 0.819. The first-order valence-corrected chi connectivity index (χ1v) is 8.74. The maximum absolute atomic E-state index is 12.5. The van der Waals surface area contributed by atoms with Crippen molar-refractivity contribution in [3.05, 3.63) is 57.5 Å². The number of halogens is 2. The number of carbonyl (C=O) groups excluding carboxylic acids is 2. The lowest BCUT2D eigenvalue weighted by atomic mass is 10.1. The molecule has 1 unspecified atom stereocenters. The van der Waals surface area contributed by atoms with Gasteiger partial charge in [-0.15, -0.1) is 0 Å². The third kappa shape index (κ3) is 3.62. The summed E-state index contributed by atoms with van der Waals surface area (Å²) in [4.78, 5) is 26.4. The molecule has 0 saturated carbocycles. The van der Waals surface area contributed by atoms with Crippen molar-refractivity contribution in [1.82, 2.24) is 0 Å². The fourth-order valence-corrected chi connectivity index (χ4v) is 3.51. The molecule has 2 amide bonds. The number of hydrogen-bond donors (Lipinski definition) is 1. The van der Waals surface area contributed by atoms with E-state index >= 15 is 0 Å². The Morgan fingerprint density at radius 1 is 1.29 bits per heavy atom. The number of amides is 2. The molecule has 1 saturated heterocycles. The molecule has 0 radical (unpaired) electrons. The van der Waals surface area contributed by atoms with Crippen molar-refractivity contribution in [2.75, 3.05) is 16.8 Å². The van der Waals surface area contributed by atoms with E-state index in [1.54, 1.807) is 23.1 Å². The molecule has 0 aromatic heterocycles. The van der Waals surface area contributed by atoms with Crippen LogP contribution in [0, 0.1) is 12.8 Å². The minimum absolute atomic E-state index is 0.0691. The van der Waals surface area contributed by atoms with Gasteiger partial charge in [-0.3, -0.25) is 9.59 Å². The van der Waals surface area contributed by atoms with Gasteiger partial charge in [0.2, 0.25) is 11.8 Å². The van der Waals surface area contributed by atoms with Crippen LogP contribution in [0.4, 0.5) is 11.4 Å². The molecule has 1 N–H and O–H groups in total. The maximum Gasteiger partial charge on any atom is 0.229 e. The van der Waals surface area contributed by atoms with E-state index in [2.05, 4.69) is 21.2 Å². The summed E-state index contributed by atoms with van der Waals surface area (Å²) >= 11 is 9.43. The van der Waals surface area contributed by atoms with E-state index in [-0.39, 0.29) is 24.2 Å². The molecule has 3 rings (SSSR count). The second kappa shape index (κ2) is 6.95. The first-order chi connectivity index (χ1) is 11.4. The Kier molecular flexibility index (Phi) is 4.92. The Bertz CT molecular complexity index is 809. The molecule has 0 aliphatic carbocycles. The summed E-state index contributed by atoms with van der Waals surface area (Å²) in [6.07, 6.45) is 0.196. The second-order valence-corrected chi connectivity index (χ2v) is 7.15. The van der Waals surface area contributed by atoms with Crippen molar-refractivity contribution in [2.45, 2.75) is 13.3 Å². The number of anilines is 2. The standard InChI is InChI=1S/C18H16BrClN2O2/c1-11-5-6-16(15(19)7-11)21-18(24)12-8-17(23)22(10-12)14-4-2-3-13(20)9-14/h2-7,9,12H,8,10H2,1H3,(H,21,24). The summed E-state index contributed by atoms with van der Waals surface area (Å²) in [6, 6.07) is 12.8. The first kappa shape index (κ1) is 17.0. The van der Waals surface area contributed by atoms with Crippen LogP contribution in [0.1, 0.15) is 12.0 Å². The van der Waals surface area contributed by atoms with Crippen molar-refractivity contribution >= 4 is 50.7 Å². The van der Waals surface area contributed by atoms with Crippen molar-refractivity contribution < 1.29 is 9.59 Å². The summed E-state index contributed by atoms with van der Waals surface area (Å²) < 4.78 is 0.826. The van der Waals surface area contributed by atoms with Gasteiger partial charge >= 0.3 is 0 Å². The lowest BCUT2D eigenvalue weighted by Crippen LogP contribution is -2.28. The van der Waals surface area contributed by atoms with Gasteiger partial charge in [0.25, 0.3) is 0 Å². The van der Waals surface area contributed by atoms with Crippen molar-refractivity contribution in [1.29, 1.82) is 0 Å². The van der Waals surface area contributed by atoms with Crippen LogP contribution in [-0.2, 0) is 9.59 Å². The first-order valence-electron chi connectivity index (χ1n) is 7.57. The van der Waals surface area contributed by atoms with E-state index < -0.39 is 0 Å². The minimum Gasteiger partial charge on any atom is -0.325 e. The highest BCUT2D eigenvalue weighted by atomic mass is 79.9. The van der Waals surface area contributed by atoms with E-state index in [1.165, 1.54) is 0 Å². The summed E-state index contributed by atoms with van der Waals surface area (Å²) in [5, 5.41) is 3.46. The molecule has 4 nitrogen and oxygen atoms in total. The van der Waals surface area contributed by atoms with E-state index in [1.807, 2.05) is 31.2 Å². The van der Waals surface area contributed by atoms with Crippen LogP contribution in [0.5, 0.6) is 0 Å². The lowest BCUT2D eigenvalue weighted by molar-refractivity contribution is -0.122. The van der Waals surface area contributed by atoms with Gasteiger partial charge in [0.1, 0.15) is 0 Å². The van der Waals surface area contributed by atoms with Crippen LogP contribution >= 0.6 is 27.5 Å². The Hall–Kier alpha value is -1.85. The second-order valence-electron chi connectivity index (χ2n) is 5.86. The topological polar surface area (TPSA) is 49.4 Å². The highest BCUT2D eigenvalue weighted by Gasteiger charge is 2.35. The van der Waals surface area contributed by atoms with Gasteiger partial charge in [-0.1, -0.05) is 23.7 Å². The van der Waals surface area contributed by atoms with Crippen LogP contribution in [0.2, 0.25) is 5.02 Å². The van der Waals surface area contributed by atoms with Crippen LogP contribution in [-0.4, -0.2) is 18.4 Å². The highest BCUT2D eigenvalue weighted by Crippen LogP contribution is 2.29. The molecule has 1 heterocycles. The number of hydrogen-bond acceptors (Lipinski definition) is 2. The average molecular weight is 408 g/mol. The molecule has 1 fully saturated rings. The minimum atomic E-state index is -0.385. The third-order valence-corrected chi connectivity index (χ3v) is 4.89. The van der Waals surface area contributed by atoms with Crippen LogP contribution in [0.25, 0.3) is 0 Å². The van der Waals surface area contributed by atoms with Gasteiger partial charge in [-0.25, -0.2) is 0 Å². The molecule has 0 bridgehead atoms. The largest absolute Gasteiger partial charge is 0.325 e. The number of carbonyl (C=O) groups is 2. The molecule has 2 aromatic rings. The van der Waals surface area contributed by atoms with Gasteiger partial charge in [0, 0.05) is 28.1 Å². The summed E-state index contributed by atoms with van der Waals surface area (Å²) in [6.45, 7) is 2.34. The van der Waals surface area contributed by atoms with Crippen LogP contribution < -0.4 is 10.2 Å². The molecule has 6 heteroatoms. The Morgan fingerprint density at radius 2 is 2.08 bits per heavy atom. The number of benzene rings is 2. The van der Waals surface area contributed by atoms with Gasteiger partial charge in [0.05, 0.1) is 11.6 Å². The predicted octanol–water partition coefficient (Wildman–Crippen LogP) is 4.40. The number of nitrogens with one attached hydrogen (secondary N) is 1. The van der Waals surface area contributed by atoms with E-state index in [4.69, 9.17) is 11.6 Å². The van der Waals surface area contributed by atoms with Gasteiger partial charge < -0.3 is 10.2 Å². The zero-order chi connectivity index (χ0) is 17.3. The van der Waals surface area contributed by atoms with E-state index in [9.17, 15) is 9.59 Å². The molecular weight excluding hydrogens is 392 g/mol. The molecule has 24 heavy (non-hydrogen) atoms. The van der Waals surface area contributed by atoms with Gasteiger partial charge in [-0.05, 0) is 58.7 Å². The number of rotatable bonds is 3. The summed E-state index contributed by atoms with van der Waals surface area (Å²) in [5.74, 6) is -0.609. The number of nitrogens with zero attached hydrogens (tertiary/aromatic N) is 1. The van der Waals surface area contributed by atoms with Gasteiger partial charge in [0.15, 0.2) is 0 Å². The monoisotopic (exact) mass is 406 g/mol. The highest BCUT2D eigenvalue weighted by molar-refractivity contribution is 9.10. The summed E-state index contributed by atoms with van der Waals surface area (Å²) in [7, 11) is 0. The molecule has 0 spiro atoms. The normalized spacial score (nSPS) is 17.2. The van der Waals surface area contributed by atoms with Crippen molar-refractivity contribution in [3.63, 3.8) is 0 Å². The Balaban J connectivity index is 1.72.